The second kappa shape index (κ2) is 7.09. The van der Waals surface area contributed by atoms with Crippen LogP contribution >= 0.6 is 11.6 Å². The summed E-state index contributed by atoms with van der Waals surface area (Å²) in [6.07, 6.45) is 4.25. The summed E-state index contributed by atoms with van der Waals surface area (Å²) < 4.78 is 0. The Morgan fingerprint density at radius 1 is 1.08 bits per heavy atom. The van der Waals surface area contributed by atoms with Crippen LogP contribution in [0.5, 0.6) is 0 Å². The second-order valence-corrected chi connectivity index (χ2v) is 7.64. The number of hydrogen-bond donors (Lipinski definition) is 2. The molecule has 0 bridgehead atoms. The first-order chi connectivity index (χ1) is 12.2. The minimum atomic E-state index is -0.0380. The number of urea groups is 1. The van der Waals surface area contributed by atoms with Crippen molar-refractivity contribution < 1.29 is 4.79 Å². The van der Waals surface area contributed by atoms with Crippen LogP contribution in [0.2, 0.25) is 5.02 Å². The van der Waals surface area contributed by atoms with E-state index >= 15 is 0 Å². The third-order valence-corrected chi connectivity index (χ3v) is 5.83. The number of fused-ring (bicyclic) bond motifs is 1. The van der Waals surface area contributed by atoms with E-state index in [0.717, 1.165) is 37.3 Å². The molecule has 0 aromatic heterocycles. The average Bonchev–Trinajstić information content (AvgIpc) is 3.00. The molecule has 0 radical (unpaired) electrons. The number of carbonyl (C=O) groups is 1. The fraction of sp³-hybridized carbons (Fsp3) is 0.381. The van der Waals surface area contributed by atoms with Gasteiger partial charge in [-0.25, -0.2) is 4.79 Å². The number of rotatable bonds is 4. The third kappa shape index (κ3) is 3.67. The normalized spacial score (nSPS) is 24.3. The van der Waals surface area contributed by atoms with Crippen LogP contribution in [0.3, 0.4) is 0 Å². The van der Waals surface area contributed by atoms with Gasteiger partial charge in [-0.2, -0.15) is 0 Å². The van der Waals surface area contributed by atoms with Gasteiger partial charge >= 0.3 is 6.03 Å². The smallest absolute Gasteiger partial charge is 0.315 e. The van der Waals surface area contributed by atoms with Crippen LogP contribution in [-0.4, -0.2) is 18.6 Å². The largest absolute Gasteiger partial charge is 0.338 e. The molecular formula is C21H23ClN2O. The predicted molar refractivity (Wildman–Crippen MR) is 101 cm³/mol. The summed E-state index contributed by atoms with van der Waals surface area (Å²) in [6, 6.07) is 16.8. The third-order valence-electron chi connectivity index (χ3n) is 5.58. The average molecular weight is 355 g/mol. The van der Waals surface area contributed by atoms with Crippen molar-refractivity contribution in [3.8, 4) is 0 Å². The van der Waals surface area contributed by atoms with E-state index in [4.69, 9.17) is 11.6 Å². The quantitative estimate of drug-likeness (QED) is 0.826. The molecule has 4 rings (SSSR count). The first-order valence-electron chi connectivity index (χ1n) is 9.06. The van der Waals surface area contributed by atoms with Crippen LogP contribution in [0, 0.1) is 0 Å². The van der Waals surface area contributed by atoms with Crippen molar-refractivity contribution in [2.45, 2.75) is 43.6 Å². The highest BCUT2D eigenvalue weighted by Crippen LogP contribution is 2.37. The molecule has 2 aliphatic carbocycles. The highest BCUT2D eigenvalue weighted by Gasteiger charge is 2.31. The number of halogens is 1. The van der Waals surface area contributed by atoms with Gasteiger partial charge in [0.15, 0.2) is 0 Å². The lowest BCUT2D eigenvalue weighted by molar-refractivity contribution is 0.222. The summed E-state index contributed by atoms with van der Waals surface area (Å²) in [5.41, 5.74) is 4.14. The maximum absolute atomic E-state index is 12.2. The summed E-state index contributed by atoms with van der Waals surface area (Å²) in [4.78, 5) is 12.2. The minimum absolute atomic E-state index is 0.0380. The van der Waals surface area contributed by atoms with E-state index in [1.54, 1.807) is 0 Å². The van der Waals surface area contributed by atoms with Gasteiger partial charge in [0.25, 0.3) is 0 Å². The maximum Gasteiger partial charge on any atom is 0.315 e. The summed E-state index contributed by atoms with van der Waals surface area (Å²) in [5.74, 6) is 0.981. The SMILES string of the molecule is O=C(NCC1CCc2ccccc21)NC1CC(c2ccc(Cl)cc2)C1. The molecule has 1 fully saturated rings. The van der Waals surface area contributed by atoms with Crippen molar-refractivity contribution in [1.82, 2.24) is 10.6 Å². The van der Waals surface area contributed by atoms with Crippen LogP contribution in [-0.2, 0) is 6.42 Å². The zero-order valence-corrected chi connectivity index (χ0v) is 14.9. The topological polar surface area (TPSA) is 41.1 Å². The molecule has 1 atom stereocenters. The van der Waals surface area contributed by atoms with E-state index in [9.17, 15) is 4.79 Å². The first kappa shape index (κ1) is 16.5. The number of aryl methyl sites for hydroxylation is 1. The van der Waals surface area contributed by atoms with E-state index in [0.29, 0.717) is 11.8 Å². The molecule has 3 nitrogen and oxygen atoms in total. The van der Waals surface area contributed by atoms with Crippen LogP contribution in [0.1, 0.15) is 47.8 Å². The maximum atomic E-state index is 12.2. The van der Waals surface area contributed by atoms with Gasteiger partial charge < -0.3 is 10.6 Å². The molecule has 2 aliphatic rings. The van der Waals surface area contributed by atoms with E-state index in [-0.39, 0.29) is 12.1 Å². The van der Waals surface area contributed by atoms with Gasteiger partial charge in [0.05, 0.1) is 0 Å². The van der Waals surface area contributed by atoms with Gasteiger partial charge in [0.1, 0.15) is 0 Å². The summed E-state index contributed by atoms with van der Waals surface area (Å²) in [5, 5.41) is 6.93. The van der Waals surface area contributed by atoms with Crippen molar-refractivity contribution in [1.29, 1.82) is 0 Å². The first-order valence-corrected chi connectivity index (χ1v) is 9.44. The Morgan fingerprint density at radius 3 is 2.64 bits per heavy atom. The van der Waals surface area contributed by atoms with Gasteiger partial charge in [-0.3, -0.25) is 0 Å². The van der Waals surface area contributed by atoms with E-state index in [1.807, 2.05) is 12.1 Å². The zero-order valence-electron chi connectivity index (χ0n) is 14.2. The Bertz CT molecular complexity index is 753. The lowest BCUT2D eigenvalue weighted by atomic mass is 9.76. The van der Waals surface area contributed by atoms with Crippen molar-refractivity contribution in [3.63, 3.8) is 0 Å². The van der Waals surface area contributed by atoms with Crippen LogP contribution < -0.4 is 10.6 Å². The summed E-state index contributed by atoms with van der Waals surface area (Å²) in [6.45, 7) is 0.718. The highest BCUT2D eigenvalue weighted by atomic mass is 35.5. The molecule has 25 heavy (non-hydrogen) atoms. The van der Waals surface area contributed by atoms with E-state index in [1.165, 1.54) is 16.7 Å². The van der Waals surface area contributed by atoms with Crippen LogP contribution in [0.15, 0.2) is 48.5 Å². The number of benzene rings is 2. The Hall–Kier alpha value is -2.00. The Morgan fingerprint density at radius 2 is 1.84 bits per heavy atom. The van der Waals surface area contributed by atoms with Crippen LogP contribution in [0.25, 0.3) is 0 Å². The fourth-order valence-electron chi connectivity index (χ4n) is 4.05. The number of amides is 2. The molecule has 0 spiro atoms. The van der Waals surface area contributed by atoms with E-state index < -0.39 is 0 Å². The number of hydrogen-bond acceptors (Lipinski definition) is 1. The second-order valence-electron chi connectivity index (χ2n) is 7.21. The lowest BCUT2D eigenvalue weighted by Gasteiger charge is -2.36. The molecule has 130 valence electrons. The van der Waals surface area contributed by atoms with Gasteiger partial charge in [-0.05, 0) is 60.4 Å². The fourth-order valence-corrected chi connectivity index (χ4v) is 4.18. The molecular weight excluding hydrogens is 332 g/mol. The molecule has 1 unspecified atom stereocenters. The predicted octanol–water partition coefficient (Wildman–Crippen LogP) is 4.62. The van der Waals surface area contributed by atoms with Crippen molar-refractivity contribution in [2.24, 2.45) is 0 Å². The van der Waals surface area contributed by atoms with Gasteiger partial charge in [0, 0.05) is 23.5 Å². The van der Waals surface area contributed by atoms with E-state index in [2.05, 4.69) is 47.0 Å². The van der Waals surface area contributed by atoms with Crippen molar-refractivity contribution >= 4 is 17.6 Å². The Balaban J connectivity index is 1.21. The molecule has 2 N–H and O–H groups in total. The Labute approximate surface area is 153 Å². The molecule has 1 saturated carbocycles. The van der Waals surface area contributed by atoms with Crippen LogP contribution in [0.4, 0.5) is 4.79 Å². The molecule has 0 saturated heterocycles. The molecule has 4 heteroatoms. The van der Waals surface area contributed by atoms with Crippen molar-refractivity contribution in [2.75, 3.05) is 6.54 Å². The minimum Gasteiger partial charge on any atom is -0.338 e. The zero-order chi connectivity index (χ0) is 17.2. The van der Waals surface area contributed by atoms with Crippen molar-refractivity contribution in [3.05, 3.63) is 70.2 Å². The number of nitrogens with one attached hydrogen (secondary N) is 2. The van der Waals surface area contributed by atoms with Gasteiger partial charge in [-0.15, -0.1) is 0 Å². The monoisotopic (exact) mass is 354 g/mol. The Kier molecular flexibility index (Phi) is 4.67. The molecule has 2 aromatic carbocycles. The van der Waals surface area contributed by atoms with Gasteiger partial charge in [0.2, 0.25) is 0 Å². The van der Waals surface area contributed by atoms with Gasteiger partial charge in [-0.1, -0.05) is 48.0 Å². The summed E-state index contributed by atoms with van der Waals surface area (Å²) in [7, 11) is 0. The molecule has 2 aromatic rings. The standard InChI is InChI=1S/C21H23ClN2O/c22-18-9-7-14(8-10-18)17-11-19(12-17)24-21(25)23-13-16-6-5-15-3-1-2-4-20(15)16/h1-4,7-10,16-17,19H,5-6,11-13H2,(H2,23,24,25). The lowest BCUT2D eigenvalue weighted by Crippen LogP contribution is -2.48. The molecule has 0 heterocycles. The summed E-state index contributed by atoms with van der Waals surface area (Å²) >= 11 is 5.93. The highest BCUT2D eigenvalue weighted by molar-refractivity contribution is 6.30. The number of carbonyl (C=O) groups excluding carboxylic acids is 1. The molecule has 0 aliphatic heterocycles. The molecule has 2 amide bonds.